The van der Waals surface area contributed by atoms with Crippen molar-refractivity contribution in [3.63, 3.8) is 0 Å². The van der Waals surface area contributed by atoms with Crippen LogP contribution in [-0.2, 0) is 6.42 Å². The maximum Gasteiger partial charge on any atom is 0.253 e. The Morgan fingerprint density at radius 3 is 2.67 bits per heavy atom. The fraction of sp³-hybridized carbons (Fsp3) is 0.333. The minimum absolute atomic E-state index is 0.101. The van der Waals surface area contributed by atoms with E-state index in [9.17, 15) is 9.90 Å². The average Bonchev–Trinajstić information content (AvgIpc) is 3.33. The molecule has 0 atom stereocenters. The number of fused-ring (bicyclic) bond motifs is 1. The van der Waals surface area contributed by atoms with Crippen molar-refractivity contribution in [3.8, 4) is 5.75 Å². The van der Waals surface area contributed by atoms with E-state index in [1.165, 1.54) is 18.9 Å². The molecule has 6 nitrogen and oxygen atoms in total. The number of phenolic OH excluding ortho intramolecular Hbond substituents is 1. The Labute approximate surface area is 157 Å². The van der Waals surface area contributed by atoms with Crippen molar-refractivity contribution in [2.24, 2.45) is 0 Å². The van der Waals surface area contributed by atoms with Crippen LogP contribution < -0.4 is 11.1 Å². The van der Waals surface area contributed by atoms with Crippen LogP contribution >= 0.6 is 0 Å². The predicted octanol–water partition coefficient (Wildman–Crippen LogP) is 3.48. The predicted molar refractivity (Wildman–Crippen MR) is 106 cm³/mol. The van der Waals surface area contributed by atoms with Crippen molar-refractivity contribution in [1.29, 1.82) is 0 Å². The number of benzene rings is 2. The van der Waals surface area contributed by atoms with Crippen LogP contribution in [0.1, 0.15) is 53.3 Å². The Bertz CT molecular complexity index is 956. The lowest BCUT2D eigenvalue weighted by atomic mass is 10.1. The Kier molecular flexibility index (Phi) is 4.71. The van der Waals surface area contributed by atoms with E-state index >= 15 is 0 Å². The molecular formula is C21H24N4O2. The Hall–Kier alpha value is -3.02. The van der Waals surface area contributed by atoms with Gasteiger partial charge in [0.2, 0.25) is 0 Å². The van der Waals surface area contributed by atoms with Crippen molar-refractivity contribution in [1.82, 2.24) is 15.3 Å². The lowest BCUT2D eigenvalue weighted by Gasteiger charge is -2.07. The number of aromatic amines is 1. The van der Waals surface area contributed by atoms with Crippen LogP contribution in [0.3, 0.4) is 0 Å². The molecule has 1 saturated carbocycles. The van der Waals surface area contributed by atoms with E-state index < -0.39 is 0 Å². The summed E-state index contributed by atoms with van der Waals surface area (Å²) in [5, 5.41) is 13.1. The molecule has 0 spiro atoms. The monoisotopic (exact) mass is 364 g/mol. The lowest BCUT2D eigenvalue weighted by Crippen LogP contribution is -2.26. The molecule has 3 aromatic rings. The number of phenols is 1. The topological polar surface area (TPSA) is 104 Å². The van der Waals surface area contributed by atoms with Gasteiger partial charge in [-0.25, -0.2) is 4.98 Å². The van der Waals surface area contributed by atoms with E-state index in [1.807, 2.05) is 24.3 Å². The van der Waals surface area contributed by atoms with Crippen molar-refractivity contribution in [2.45, 2.75) is 38.0 Å². The largest absolute Gasteiger partial charge is 0.506 e. The second kappa shape index (κ2) is 7.31. The van der Waals surface area contributed by atoms with Gasteiger partial charge in [-0.3, -0.25) is 4.79 Å². The number of nitrogens with one attached hydrogen (secondary N) is 2. The van der Waals surface area contributed by atoms with Gasteiger partial charge in [0.25, 0.3) is 5.91 Å². The number of aromatic hydroxyl groups is 1. The molecule has 1 fully saturated rings. The molecule has 0 radical (unpaired) electrons. The molecule has 1 heterocycles. The number of nitrogens with two attached hydrogens (primary N) is 1. The summed E-state index contributed by atoms with van der Waals surface area (Å²) in [4.78, 5) is 20.6. The molecule has 0 bridgehead atoms. The quantitative estimate of drug-likeness (QED) is 0.520. The number of H-pyrrole nitrogens is 1. The molecule has 2 aromatic carbocycles. The number of hydrogen-bond acceptors (Lipinski definition) is 4. The van der Waals surface area contributed by atoms with Gasteiger partial charge in [-0.2, -0.15) is 0 Å². The number of nitrogens with zero attached hydrogens (tertiary/aromatic N) is 1. The number of amides is 1. The van der Waals surface area contributed by atoms with E-state index in [0.717, 1.165) is 36.3 Å². The third kappa shape index (κ3) is 3.60. The zero-order valence-corrected chi connectivity index (χ0v) is 15.2. The highest BCUT2D eigenvalue weighted by molar-refractivity contribution is 6.06. The Morgan fingerprint density at radius 2 is 1.93 bits per heavy atom. The minimum atomic E-state index is -0.169. The summed E-state index contributed by atoms with van der Waals surface area (Å²) < 4.78 is 0. The second-order valence-corrected chi connectivity index (χ2v) is 7.21. The summed E-state index contributed by atoms with van der Waals surface area (Å²) in [6, 6.07) is 10.8. The number of nitrogen functional groups attached to an aromatic ring is 1. The normalized spacial score (nSPS) is 14.7. The van der Waals surface area contributed by atoms with E-state index in [-0.39, 0.29) is 11.7 Å². The fourth-order valence-electron chi connectivity index (χ4n) is 3.78. The molecule has 1 aliphatic rings. The van der Waals surface area contributed by atoms with Gasteiger partial charge in [-0.1, -0.05) is 25.0 Å². The van der Waals surface area contributed by atoms with Gasteiger partial charge >= 0.3 is 0 Å². The van der Waals surface area contributed by atoms with Gasteiger partial charge < -0.3 is 21.1 Å². The molecule has 4 rings (SSSR count). The van der Waals surface area contributed by atoms with E-state index in [4.69, 9.17) is 5.73 Å². The van der Waals surface area contributed by atoms with Crippen LogP contribution in [0.4, 0.5) is 5.69 Å². The molecule has 0 aliphatic heterocycles. The summed E-state index contributed by atoms with van der Waals surface area (Å²) in [7, 11) is 0. The Balaban J connectivity index is 1.50. The fourth-order valence-corrected chi connectivity index (χ4v) is 3.78. The van der Waals surface area contributed by atoms with E-state index in [2.05, 4.69) is 15.3 Å². The highest BCUT2D eigenvalue weighted by Gasteiger charge is 2.23. The SMILES string of the molecule is Nc1ccc(CCNC(=O)c2ccc(O)c3nc(C4CCCC4)[nH]c23)cc1. The van der Waals surface area contributed by atoms with Gasteiger partial charge in [-0.15, -0.1) is 0 Å². The van der Waals surface area contributed by atoms with Crippen LogP contribution in [0.15, 0.2) is 36.4 Å². The number of carbonyl (C=O) groups excluding carboxylic acids is 1. The second-order valence-electron chi connectivity index (χ2n) is 7.21. The highest BCUT2D eigenvalue weighted by Crippen LogP contribution is 2.35. The molecule has 27 heavy (non-hydrogen) atoms. The highest BCUT2D eigenvalue weighted by atomic mass is 16.3. The van der Waals surface area contributed by atoms with Crippen LogP contribution in [0.2, 0.25) is 0 Å². The number of aromatic nitrogens is 2. The molecule has 0 unspecified atom stereocenters. The lowest BCUT2D eigenvalue weighted by molar-refractivity contribution is 0.0955. The first kappa shape index (κ1) is 17.4. The first-order chi connectivity index (χ1) is 13.1. The minimum Gasteiger partial charge on any atom is -0.506 e. The Morgan fingerprint density at radius 1 is 1.19 bits per heavy atom. The molecule has 1 amide bonds. The van der Waals surface area contributed by atoms with Gasteiger partial charge in [0, 0.05) is 18.2 Å². The third-order valence-corrected chi connectivity index (χ3v) is 5.31. The van der Waals surface area contributed by atoms with Crippen LogP contribution in [0.25, 0.3) is 11.0 Å². The molecule has 1 aliphatic carbocycles. The molecule has 140 valence electrons. The molecule has 6 heteroatoms. The number of anilines is 1. The molecular weight excluding hydrogens is 340 g/mol. The first-order valence-electron chi connectivity index (χ1n) is 9.46. The maximum atomic E-state index is 12.7. The van der Waals surface area contributed by atoms with Crippen molar-refractivity contribution in [2.75, 3.05) is 12.3 Å². The van der Waals surface area contributed by atoms with Gasteiger partial charge in [0.05, 0.1) is 11.1 Å². The summed E-state index contributed by atoms with van der Waals surface area (Å²) >= 11 is 0. The van der Waals surface area contributed by atoms with Crippen molar-refractivity contribution in [3.05, 3.63) is 53.3 Å². The summed E-state index contributed by atoms with van der Waals surface area (Å²) in [5.41, 5.74) is 9.14. The standard InChI is InChI=1S/C21H24N4O2/c22-15-7-5-13(6-8-15)11-12-23-21(27)16-9-10-17(26)19-18(16)24-20(25-19)14-3-1-2-4-14/h5-10,14,26H,1-4,11-12,22H2,(H,23,27)(H,24,25). The molecule has 0 saturated heterocycles. The summed E-state index contributed by atoms with van der Waals surface area (Å²) in [6.07, 6.45) is 5.33. The van der Waals surface area contributed by atoms with Crippen LogP contribution in [-0.4, -0.2) is 27.5 Å². The molecule has 1 aromatic heterocycles. The smallest absolute Gasteiger partial charge is 0.253 e. The first-order valence-corrected chi connectivity index (χ1v) is 9.46. The van der Waals surface area contributed by atoms with Crippen LogP contribution in [0.5, 0.6) is 5.75 Å². The zero-order chi connectivity index (χ0) is 18.8. The van der Waals surface area contributed by atoms with Gasteiger partial charge in [0.1, 0.15) is 17.1 Å². The summed E-state index contributed by atoms with van der Waals surface area (Å²) in [5.74, 6) is 1.19. The molecule has 5 N–H and O–H groups in total. The maximum absolute atomic E-state index is 12.7. The number of rotatable bonds is 5. The van der Waals surface area contributed by atoms with E-state index in [1.54, 1.807) is 6.07 Å². The third-order valence-electron chi connectivity index (χ3n) is 5.31. The van der Waals surface area contributed by atoms with Crippen molar-refractivity contribution < 1.29 is 9.90 Å². The number of imidazole rings is 1. The summed E-state index contributed by atoms with van der Waals surface area (Å²) in [6.45, 7) is 0.523. The number of hydrogen-bond donors (Lipinski definition) is 4. The average molecular weight is 364 g/mol. The van der Waals surface area contributed by atoms with Crippen molar-refractivity contribution >= 4 is 22.6 Å². The van der Waals surface area contributed by atoms with Crippen LogP contribution in [0, 0.1) is 0 Å². The zero-order valence-electron chi connectivity index (χ0n) is 15.2. The van der Waals surface area contributed by atoms with E-state index in [0.29, 0.717) is 29.1 Å². The number of carbonyl (C=O) groups is 1. The van der Waals surface area contributed by atoms with Gasteiger partial charge in [0.15, 0.2) is 0 Å². The van der Waals surface area contributed by atoms with Gasteiger partial charge in [-0.05, 0) is 49.1 Å².